The first-order valence-corrected chi connectivity index (χ1v) is 2.54. The van der Waals surface area contributed by atoms with E-state index >= 15 is 0 Å². The zero-order chi connectivity index (χ0) is 4.99. The zero-order valence-electron chi connectivity index (χ0n) is 3.70. The molecule has 0 aromatic heterocycles. The topological polar surface area (TPSA) is 9.23 Å². The minimum absolute atomic E-state index is 0.602. The van der Waals surface area contributed by atoms with Crippen LogP contribution in [0.4, 0.5) is 0 Å². The quantitative estimate of drug-likeness (QED) is 0.547. The number of hydrogen-bond acceptors (Lipinski definition) is 1. The van der Waals surface area contributed by atoms with E-state index in [1.54, 1.807) is 0 Å². The van der Waals surface area contributed by atoms with Crippen molar-refractivity contribution in [3.63, 3.8) is 0 Å². The summed E-state index contributed by atoms with van der Waals surface area (Å²) < 4.78 is 5.37. The van der Waals surface area contributed by atoms with E-state index in [-0.39, 0.29) is 0 Å². The molecule has 2 heteroatoms. The molecule has 36 valence electrons. The smallest absolute Gasteiger partial charge is 0.154 e. The molecule has 1 nitrogen and oxygen atoms in total. The van der Waals surface area contributed by atoms with Crippen molar-refractivity contribution in [1.82, 2.24) is 0 Å². The molecule has 0 aliphatic carbocycles. The molecule has 0 aliphatic rings. The highest BCUT2D eigenvalue weighted by Crippen LogP contribution is 1.99. The van der Waals surface area contributed by atoms with E-state index in [4.69, 9.17) is 4.74 Å². The monoisotopic (exact) mass is 150 g/mol. The maximum absolute atomic E-state index is 4.76. The van der Waals surface area contributed by atoms with Gasteiger partial charge >= 0.3 is 0 Å². The third-order valence-corrected chi connectivity index (χ3v) is 0.530. The zero-order valence-corrected chi connectivity index (χ0v) is 5.29. The molecule has 0 N–H and O–H groups in total. The van der Waals surface area contributed by atoms with Crippen LogP contribution < -0.4 is 0 Å². The van der Waals surface area contributed by atoms with Crippen LogP contribution in [0, 0.1) is 0 Å². The van der Waals surface area contributed by atoms with Crippen LogP contribution in [0.15, 0.2) is 11.2 Å². The molecule has 0 radical (unpaired) electrons. The van der Waals surface area contributed by atoms with Crippen molar-refractivity contribution in [3.05, 3.63) is 11.2 Å². The van der Waals surface area contributed by atoms with Crippen LogP contribution in [0.2, 0.25) is 0 Å². The van der Waals surface area contributed by atoms with Crippen LogP contribution in [0.1, 0.15) is 6.92 Å². The van der Waals surface area contributed by atoms with E-state index in [9.17, 15) is 0 Å². The molecular weight excluding hydrogens is 144 g/mol. The summed E-state index contributed by atoms with van der Waals surface area (Å²) in [6.07, 6.45) is 0. The van der Waals surface area contributed by atoms with Gasteiger partial charge in [0.25, 0.3) is 0 Å². The van der Waals surface area contributed by atoms with Crippen molar-refractivity contribution >= 4 is 15.9 Å². The molecular formula is C4H7BrO. The Balaban J connectivity index is 2.83. The van der Waals surface area contributed by atoms with E-state index < -0.39 is 0 Å². The molecule has 6 heavy (non-hydrogen) atoms. The number of rotatable bonds is 2. The highest BCUT2D eigenvalue weighted by molar-refractivity contribution is 9.11. The summed E-state index contributed by atoms with van der Waals surface area (Å²) in [7, 11) is 0. The highest BCUT2D eigenvalue weighted by atomic mass is 79.9. The summed E-state index contributed by atoms with van der Waals surface area (Å²) >= 11 is 3.02. The van der Waals surface area contributed by atoms with Crippen LogP contribution in [0.3, 0.4) is 0 Å². The molecule has 0 aromatic rings. The minimum atomic E-state index is 0.602. The third kappa shape index (κ3) is 4.02. The number of hydrogen-bond donors (Lipinski definition) is 0. The van der Waals surface area contributed by atoms with Crippen molar-refractivity contribution in [2.24, 2.45) is 0 Å². The van der Waals surface area contributed by atoms with Gasteiger partial charge in [0, 0.05) is 0 Å². The average molecular weight is 151 g/mol. The highest BCUT2D eigenvalue weighted by Gasteiger charge is 1.75. The predicted octanol–water partition coefficient (Wildman–Crippen LogP) is 1.89. The van der Waals surface area contributed by atoms with Crippen LogP contribution in [0.5, 0.6) is 0 Å². The fourth-order valence-corrected chi connectivity index (χ4v) is 0.386. The van der Waals surface area contributed by atoms with Gasteiger partial charge in [0.15, 0.2) is 4.67 Å². The number of halogens is 1. The summed E-state index contributed by atoms with van der Waals surface area (Å²) in [6, 6.07) is 0. The van der Waals surface area contributed by atoms with Crippen molar-refractivity contribution < 1.29 is 4.74 Å². The molecule has 0 heterocycles. The Morgan fingerprint density at radius 3 is 2.50 bits per heavy atom. The first-order chi connectivity index (χ1) is 2.77. The standard InChI is InChI=1S/C4H7BrO/c1-3-6-4(2)5/h2-3H2,1H3. The summed E-state index contributed by atoms with van der Waals surface area (Å²) in [5, 5.41) is 0. The second-order valence-corrected chi connectivity index (χ2v) is 1.67. The van der Waals surface area contributed by atoms with Crippen molar-refractivity contribution in [2.45, 2.75) is 6.92 Å². The van der Waals surface area contributed by atoms with Gasteiger partial charge in [-0.1, -0.05) is 0 Å². The van der Waals surface area contributed by atoms with Gasteiger partial charge in [-0.3, -0.25) is 0 Å². The molecule has 0 spiro atoms. The second-order valence-electron chi connectivity index (χ2n) is 0.788. The minimum Gasteiger partial charge on any atom is -0.488 e. The first-order valence-electron chi connectivity index (χ1n) is 1.74. The Labute approximate surface area is 46.1 Å². The maximum atomic E-state index is 4.76. The summed E-state index contributed by atoms with van der Waals surface area (Å²) in [6.45, 7) is 6.03. The van der Waals surface area contributed by atoms with Gasteiger partial charge in [0.05, 0.1) is 6.61 Å². The lowest BCUT2D eigenvalue weighted by molar-refractivity contribution is 0.262. The van der Waals surface area contributed by atoms with E-state index in [0.717, 1.165) is 0 Å². The van der Waals surface area contributed by atoms with Crippen LogP contribution in [0.25, 0.3) is 0 Å². The van der Waals surface area contributed by atoms with Crippen LogP contribution in [-0.4, -0.2) is 6.61 Å². The van der Waals surface area contributed by atoms with Gasteiger partial charge in [0.1, 0.15) is 0 Å². The normalized spacial score (nSPS) is 7.67. The molecule has 0 unspecified atom stereocenters. The fourth-order valence-electron chi connectivity index (χ4n) is 0.157. The molecule has 0 aliphatic heterocycles. The van der Waals surface area contributed by atoms with E-state index in [2.05, 4.69) is 22.5 Å². The molecule has 0 saturated heterocycles. The third-order valence-electron chi connectivity index (χ3n) is 0.301. The summed E-state index contributed by atoms with van der Waals surface area (Å²) in [5.41, 5.74) is 0. The Bertz CT molecular complexity index is 51.5. The number of ether oxygens (including phenoxy) is 1. The van der Waals surface area contributed by atoms with Crippen LogP contribution >= 0.6 is 15.9 Å². The SMILES string of the molecule is C=C(Br)OCC. The summed E-state index contributed by atoms with van der Waals surface area (Å²) in [5.74, 6) is 0. The Kier molecular flexibility index (Phi) is 3.23. The lowest BCUT2D eigenvalue weighted by Gasteiger charge is -1.93. The molecule has 0 fully saturated rings. The van der Waals surface area contributed by atoms with Gasteiger partial charge in [-0.05, 0) is 29.4 Å². The maximum Gasteiger partial charge on any atom is 0.154 e. The Morgan fingerprint density at radius 1 is 2.00 bits per heavy atom. The van der Waals surface area contributed by atoms with Gasteiger partial charge in [-0.25, -0.2) is 0 Å². The first kappa shape index (κ1) is 6.02. The lowest BCUT2D eigenvalue weighted by Crippen LogP contribution is -1.78. The predicted molar refractivity (Wildman–Crippen MR) is 29.7 cm³/mol. The molecule has 0 saturated carbocycles. The Hall–Kier alpha value is 0.0200. The lowest BCUT2D eigenvalue weighted by atomic mass is 10.9. The van der Waals surface area contributed by atoms with E-state index in [1.807, 2.05) is 6.92 Å². The van der Waals surface area contributed by atoms with Gasteiger partial charge in [0.2, 0.25) is 0 Å². The van der Waals surface area contributed by atoms with Gasteiger partial charge < -0.3 is 4.74 Å². The van der Waals surface area contributed by atoms with Gasteiger partial charge in [-0.15, -0.1) is 0 Å². The van der Waals surface area contributed by atoms with E-state index in [1.165, 1.54) is 0 Å². The van der Waals surface area contributed by atoms with Crippen molar-refractivity contribution in [2.75, 3.05) is 6.61 Å². The molecule has 0 rings (SSSR count). The van der Waals surface area contributed by atoms with Gasteiger partial charge in [-0.2, -0.15) is 0 Å². The average Bonchev–Trinajstić information content (AvgIpc) is 1.35. The van der Waals surface area contributed by atoms with Crippen LogP contribution in [-0.2, 0) is 4.74 Å². The Morgan fingerprint density at radius 2 is 2.50 bits per heavy atom. The molecule has 0 amide bonds. The molecule has 0 atom stereocenters. The molecule has 0 aromatic carbocycles. The second kappa shape index (κ2) is 3.22. The summed E-state index contributed by atoms with van der Waals surface area (Å²) in [4.78, 5) is 0. The molecule has 0 bridgehead atoms. The fraction of sp³-hybridized carbons (Fsp3) is 0.500. The van der Waals surface area contributed by atoms with Crippen molar-refractivity contribution in [3.8, 4) is 0 Å². The van der Waals surface area contributed by atoms with E-state index in [0.29, 0.717) is 11.3 Å². The van der Waals surface area contributed by atoms with Crippen molar-refractivity contribution in [1.29, 1.82) is 0 Å². The largest absolute Gasteiger partial charge is 0.488 e.